The number of carbonyl (C=O) groups is 1. The zero-order valence-electron chi connectivity index (χ0n) is 18.9. The van der Waals surface area contributed by atoms with Crippen LogP contribution in [-0.4, -0.2) is 20.9 Å². The van der Waals surface area contributed by atoms with Crippen LogP contribution >= 0.6 is 23.8 Å². The molecule has 0 saturated carbocycles. The highest BCUT2D eigenvalue weighted by Crippen LogP contribution is 2.29. The smallest absolute Gasteiger partial charge is 0.288 e. The first-order valence-electron chi connectivity index (χ1n) is 10.8. The number of aromatic nitrogens is 1. The second-order valence-electron chi connectivity index (χ2n) is 7.96. The largest absolute Gasteiger partial charge is 0.436 e. The standard InChI is InChI=1S/C25H21ClN4O4S/c1-3-14(2)16-7-11-22-20(12-16)28-24(34-22)15-4-8-18(9-5-15)27-25(35)29-23(31)17-6-10-19(26)21(13-17)30(32)33/h4-14H,3H2,1-2H3,(H2,27,29,31,35)/t14-/m0/s1. The van der Waals surface area contributed by atoms with Gasteiger partial charge in [0, 0.05) is 22.9 Å². The molecule has 1 amide bonds. The Balaban J connectivity index is 1.43. The minimum Gasteiger partial charge on any atom is -0.436 e. The second-order valence-corrected chi connectivity index (χ2v) is 8.78. The molecular weight excluding hydrogens is 488 g/mol. The maximum absolute atomic E-state index is 12.4. The van der Waals surface area contributed by atoms with E-state index in [0.717, 1.165) is 29.2 Å². The van der Waals surface area contributed by atoms with Gasteiger partial charge in [-0.1, -0.05) is 31.5 Å². The molecule has 0 radical (unpaired) electrons. The van der Waals surface area contributed by atoms with Crippen LogP contribution in [0.4, 0.5) is 11.4 Å². The number of carbonyl (C=O) groups excluding carboxylic acids is 1. The summed E-state index contributed by atoms with van der Waals surface area (Å²) in [6, 6.07) is 17.1. The highest BCUT2D eigenvalue weighted by atomic mass is 35.5. The number of fused-ring (bicyclic) bond motifs is 1. The second kappa shape index (κ2) is 10.2. The van der Waals surface area contributed by atoms with Crippen LogP contribution in [0.5, 0.6) is 0 Å². The van der Waals surface area contributed by atoms with Gasteiger partial charge in [-0.3, -0.25) is 20.2 Å². The first-order chi connectivity index (χ1) is 16.7. The molecule has 0 aliphatic carbocycles. The maximum atomic E-state index is 12.4. The molecule has 1 heterocycles. The number of hydrogen-bond acceptors (Lipinski definition) is 6. The van der Waals surface area contributed by atoms with E-state index < -0.39 is 10.8 Å². The Labute approximate surface area is 211 Å². The Bertz CT molecular complexity index is 1440. The van der Waals surface area contributed by atoms with Gasteiger partial charge in [0.25, 0.3) is 11.6 Å². The van der Waals surface area contributed by atoms with E-state index in [9.17, 15) is 14.9 Å². The van der Waals surface area contributed by atoms with Crippen LogP contribution in [0.25, 0.3) is 22.6 Å². The van der Waals surface area contributed by atoms with Gasteiger partial charge >= 0.3 is 0 Å². The molecular formula is C25H21ClN4O4S. The number of nitro groups is 1. The number of nitrogens with one attached hydrogen (secondary N) is 2. The van der Waals surface area contributed by atoms with Crippen molar-refractivity contribution in [2.75, 3.05) is 5.32 Å². The number of nitrogens with zero attached hydrogens (tertiary/aromatic N) is 2. The molecule has 8 nitrogen and oxygen atoms in total. The fourth-order valence-corrected chi connectivity index (χ4v) is 3.83. The number of rotatable bonds is 6. The average Bonchev–Trinajstić information content (AvgIpc) is 3.27. The number of benzene rings is 3. The van der Waals surface area contributed by atoms with Crippen molar-refractivity contribution in [2.45, 2.75) is 26.2 Å². The van der Waals surface area contributed by atoms with Gasteiger partial charge in [-0.15, -0.1) is 0 Å². The molecule has 0 unspecified atom stereocenters. The lowest BCUT2D eigenvalue weighted by Gasteiger charge is -2.10. The fourth-order valence-electron chi connectivity index (χ4n) is 3.44. The minimum absolute atomic E-state index is 0.0415. The van der Waals surface area contributed by atoms with Crippen LogP contribution in [0.2, 0.25) is 5.02 Å². The van der Waals surface area contributed by atoms with E-state index in [2.05, 4.69) is 41.6 Å². The number of thiocarbonyl (C=S) groups is 1. The summed E-state index contributed by atoms with van der Waals surface area (Å²) in [5, 5.41) is 16.4. The van der Waals surface area contributed by atoms with E-state index in [1.807, 2.05) is 18.2 Å². The topological polar surface area (TPSA) is 110 Å². The Morgan fingerprint density at radius 1 is 1.17 bits per heavy atom. The van der Waals surface area contributed by atoms with E-state index in [1.54, 1.807) is 12.1 Å². The minimum atomic E-state index is -0.654. The number of oxazole rings is 1. The summed E-state index contributed by atoms with van der Waals surface area (Å²) in [4.78, 5) is 27.4. The van der Waals surface area contributed by atoms with E-state index in [-0.39, 0.29) is 21.4 Å². The van der Waals surface area contributed by atoms with Crippen molar-refractivity contribution in [1.82, 2.24) is 10.3 Å². The summed E-state index contributed by atoms with van der Waals surface area (Å²) in [5.41, 5.74) is 3.89. The molecule has 1 atom stereocenters. The van der Waals surface area contributed by atoms with Gasteiger partial charge in [-0.05, 0) is 78.7 Å². The van der Waals surface area contributed by atoms with Crippen LogP contribution in [-0.2, 0) is 0 Å². The van der Waals surface area contributed by atoms with Gasteiger partial charge in [-0.2, -0.15) is 0 Å². The molecule has 4 aromatic rings. The molecule has 178 valence electrons. The lowest BCUT2D eigenvalue weighted by molar-refractivity contribution is -0.384. The number of anilines is 1. The summed E-state index contributed by atoms with van der Waals surface area (Å²) in [6.45, 7) is 4.33. The van der Waals surface area contributed by atoms with E-state index in [1.165, 1.54) is 17.7 Å². The zero-order chi connectivity index (χ0) is 25.1. The highest BCUT2D eigenvalue weighted by molar-refractivity contribution is 7.80. The molecule has 2 N–H and O–H groups in total. The van der Waals surface area contributed by atoms with Crippen molar-refractivity contribution in [3.63, 3.8) is 0 Å². The van der Waals surface area contributed by atoms with Crippen molar-refractivity contribution in [3.8, 4) is 11.5 Å². The molecule has 0 aliphatic heterocycles. The molecule has 10 heteroatoms. The van der Waals surface area contributed by atoms with Gasteiger partial charge in [-0.25, -0.2) is 4.98 Å². The van der Waals surface area contributed by atoms with Crippen LogP contribution in [0.1, 0.15) is 42.1 Å². The van der Waals surface area contributed by atoms with Gasteiger partial charge in [0.05, 0.1) is 4.92 Å². The summed E-state index contributed by atoms with van der Waals surface area (Å²) in [5.74, 6) is 0.360. The molecule has 0 aliphatic rings. The van der Waals surface area contributed by atoms with Crippen molar-refractivity contribution in [2.24, 2.45) is 0 Å². The molecule has 0 fully saturated rings. The van der Waals surface area contributed by atoms with Crippen LogP contribution in [0.15, 0.2) is 65.1 Å². The van der Waals surface area contributed by atoms with Crippen LogP contribution < -0.4 is 10.6 Å². The monoisotopic (exact) mass is 508 g/mol. The zero-order valence-corrected chi connectivity index (χ0v) is 20.4. The third-order valence-electron chi connectivity index (χ3n) is 5.61. The van der Waals surface area contributed by atoms with Gasteiger partial charge in [0.2, 0.25) is 5.89 Å². The van der Waals surface area contributed by atoms with Gasteiger partial charge < -0.3 is 9.73 Å². The van der Waals surface area contributed by atoms with Crippen molar-refractivity contribution in [3.05, 3.63) is 86.9 Å². The number of halogens is 1. The summed E-state index contributed by atoms with van der Waals surface area (Å²) < 4.78 is 5.91. The van der Waals surface area contributed by atoms with Gasteiger partial charge in [0.15, 0.2) is 10.7 Å². The van der Waals surface area contributed by atoms with Crippen LogP contribution in [0, 0.1) is 10.1 Å². The molecule has 1 aromatic heterocycles. The summed E-state index contributed by atoms with van der Waals surface area (Å²) in [6.07, 6.45) is 1.05. The third kappa shape index (κ3) is 5.47. The number of nitro benzene ring substituents is 1. The summed E-state index contributed by atoms with van der Waals surface area (Å²) in [7, 11) is 0. The normalized spacial score (nSPS) is 11.7. The predicted molar refractivity (Wildman–Crippen MR) is 140 cm³/mol. The lowest BCUT2D eigenvalue weighted by atomic mass is 9.98. The molecule has 35 heavy (non-hydrogen) atoms. The SMILES string of the molecule is CC[C@H](C)c1ccc2oc(-c3ccc(NC(=S)NC(=O)c4ccc(Cl)c([N+](=O)[O-])c4)cc3)nc2c1. The Morgan fingerprint density at radius 3 is 2.60 bits per heavy atom. The van der Waals surface area contributed by atoms with Crippen molar-refractivity contribution < 1.29 is 14.1 Å². The Hall–Kier alpha value is -3.82. The van der Waals surface area contributed by atoms with E-state index >= 15 is 0 Å². The number of amides is 1. The predicted octanol–water partition coefficient (Wildman–Crippen LogP) is 6.70. The Kier molecular flexibility index (Phi) is 7.09. The number of hydrogen-bond donors (Lipinski definition) is 2. The molecule has 0 bridgehead atoms. The first-order valence-corrected chi connectivity index (χ1v) is 11.6. The van der Waals surface area contributed by atoms with Crippen molar-refractivity contribution >= 4 is 57.3 Å². The molecule has 3 aromatic carbocycles. The third-order valence-corrected chi connectivity index (χ3v) is 6.14. The van der Waals surface area contributed by atoms with Gasteiger partial charge in [0.1, 0.15) is 10.5 Å². The highest BCUT2D eigenvalue weighted by Gasteiger charge is 2.17. The average molecular weight is 509 g/mol. The van der Waals surface area contributed by atoms with Crippen LogP contribution in [0.3, 0.4) is 0 Å². The molecule has 0 spiro atoms. The fraction of sp³-hybridized carbons (Fsp3) is 0.160. The lowest BCUT2D eigenvalue weighted by Crippen LogP contribution is -2.34. The summed E-state index contributed by atoms with van der Waals surface area (Å²) >= 11 is 11.0. The van der Waals surface area contributed by atoms with Crippen molar-refractivity contribution in [1.29, 1.82) is 0 Å². The quantitative estimate of drug-likeness (QED) is 0.169. The van der Waals surface area contributed by atoms with E-state index in [0.29, 0.717) is 17.5 Å². The maximum Gasteiger partial charge on any atom is 0.288 e. The first kappa shape index (κ1) is 24.3. The molecule has 0 saturated heterocycles. The van der Waals surface area contributed by atoms with E-state index in [4.69, 9.17) is 28.2 Å². The molecule has 4 rings (SSSR count). The Morgan fingerprint density at radius 2 is 1.91 bits per heavy atom.